The molecular formula is C58H34O2. The quantitative estimate of drug-likeness (QED) is 0.166. The summed E-state index contributed by atoms with van der Waals surface area (Å²) in [5.74, 6) is 3.62. The Balaban J connectivity index is 0.888. The van der Waals surface area contributed by atoms with E-state index in [2.05, 4.69) is 194 Å². The molecule has 0 aliphatic carbocycles. The van der Waals surface area contributed by atoms with Crippen molar-refractivity contribution in [2.24, 2.45) is 0 Å². The highest BCUT2D eigenvalue weighted by atomic mass is 16.5. The van der Waals surface area contributed by atoms with E-state index >= 15 is 0 Å². The highest BCUT2D eigenvalue weighted by Crippen LogP contribution is 2.50. The summed E-state index contributed by atoms with van der Waals surface area (Å²) < 4.78 is 12.9. The molecule has 0 saturated heterocycles. The second-order valence-corrected chi connectivity index (χ2v) is 15.9. The van der Waals surface area contributed by atoms with Gasteiger partial charge >= 0.3 is 0 Å². The SMILES string of the molecule is c1ccc2c(c1)Oc1ccc(-c3ccc(-c4c5ccccc5c(-c5ccc(-c6ccc7c(c6)Oc6cccc8cccc-7c68)cc5)c5ccccc45)cc3)c3cccc-2c13. The second kappa shape index (κ2) is 12.8. The van der Waals surface area contributed by atoms with Gasteiger partial charge in [-0.2, -0.15) is 0 Å². The van der Waals surface area contributed by atoms with Crippen molar-refractivity contribution in [1.82, 2.24) is 0 Å². The van der Waals surface area contributed by atoms with E-state index in [0.717, 1.165) is 45.3 Å². The fourth-order valence-corrected chi connectivity index (χ4v) is 9.97. The number of benzene rings is 11. The van der Waals surface area contributed by atoms with Crippen molar-refractivity contribution in [2.75, 3.05) is 0 Å². The average molecular weight is 763 g/mol. The fourth-order valence-electron chi connectivity index (χ4n) is 9.97. The summed E-state index contributed by atoms with van der Waals surface area (Å²) in [5, 5.41) is 9.69. The summed E-state index contributed by atoms with van der Waals surface area (Å²) in [6.07, 6.45) is 0. The Hall–Kier alpha value is -7.94. The van der Waals surface area contributed by atoms with E-state index in [-0.39, 0.29) is 0 Å². The molecular weight excluding hydrogens is 729 g/mol. The first-order valence-electron chi connectivity index (χ1n) is 20.6. The topological polar surface area (TPSA) is 18.5 Å². The molecule has 11 aromatic rings. The van der Waals surface area contributed by atoms with E-state index in [1.807, 2.05) is 12.1 Å². The predicted octanol–water partition coefficient (Wildman–Crippen LogP) is 16.5. The molecule has 13 rings (SSSR count). The monoisotopic (exact) mass is 762 g/mol. The van der Waals surface area contributed by atoms with Gasteiger partial charge in [-0.15, -0.1) is 0 Å². The van der Waals surface area contributed by atoms with Crippen LogP contribution in [0.4, 0.5) is 0 Å². The van der Waals surface area contributed by atoms with E-state index in [1.165, 1.54) is 87.6 Å². The maximum atomic E-state index is 6.52. The van der Waals surface area contributed by atoms with Crippen LogP contribution in [0.25, 0.3) is 110 Å². The third-order valence-corrected chi connectivity index (χ3v) is 12.7. The van der Waals surface area contributed by atoms with Gasteiger partial charge in [-0.3, -0.25) is 0 Å². The Labute approximate surface area is 347 Å². The zero-order valence-corrected chi connectivity index (χ0v) is 32.4. The summed E-state index contributed by atoms with van der Waals surface area (Å²) in [5.41, 5.74) is 14.3. The smallest absolute Gasteiger partial charge is 0.135 e. The van der Waals surface area contributed by atoms with Crippen molar-refractivity contribution < 1.29 is 9.47 Å². The third kappa shape index (κ3) is 4.88. The molecule has 0 radical (unpaired) electrons. The first-order chi connectivity index (χ1) is 29.7. The molecule has 2 nitrogen and oxygen atoms in total. The van der Waals surface area contributed by atoms with Gasteiger partial charge in [-0.25, -0.2) is 0 Å². The average Bonchev–Trinajstić information content (AvgIpc) is 3.31. The van der Waals surface area contributed by atoms with Crippen LogP contribution in [0.5, 0.6) is 23.0 Å². The standard InChI is InChI=1S/C58H34O2/c1-3-15-49-47(13-1)55(38-26-22-35(23-27-38)40-30-31-43-45-17-7-10-37-11-8-21-52(57(37)45)60-54(43)34-40)48-14-2-4-16-50(48)56(49)39-28-24-36(25-29-39)41-32-33-53-58-44(41)18-9-19-46(58)42-12-5-6-20-51(42)59-53/h1-34H. The van der Waals surface area contributed by atoms with Gasteiger partial charge in [0, 0.05) is 21.9 Å². The highest BCUT2D eigenvalue weighted by molar-refractivity contribution is 6.21. The normalized spacial score (nSPS) is 12.3. The van der Waals surface area contributed by atoms with E-state index < -0.39 is 0 Å². The lowest BCUT2D eigenvalue weighted by atomic mass is 9.85. The van der Waals surface area contributed by atoms with Crippen molar-refractivity contribution in [3.05, 3.63) is 206 Å². The number of fused-ring (bicyclic) bond motifs is 6. The molecule has 0 aromatic heterocycles. The summed E-state index contributed by atoms with van der Waals surface area (Å²) in [6.45, 7) is 0. The van der Waals surface area contributed by atoms with Gasteiger partial charge in [-0.05, 0) is 118 Å². The Morgan fingerprint density at radius 3 is 1.38 bits per heavy atom. The molecule has 0 fully saturated rings. The third-order valence-electron chi connectivity index (χ3n) is 12.7. The number of hydrogen-bond donors (Lipinski definition) is 0. The Bertz CT molecular complexity index is 3520. The molecule has 0 amide bonds. The number of ether oxygens (including phenoxy) is 2. The van der Waals surface area contributed by atoms with Gasteiger partial charge in [0.15, 0.2) is 0 Å². The molecule has 0 unspecified atom stereocenters. The maximum absolute atomic E-state index is 6.52. The lowest BCUT2D eigenvalue weighted by Gasteiger charge is -2.22. The van der Waals surface area contributed by atoms with Crippen LogP contribution in [0.2, 0.25) is 0 Å². The van der Waals surface area contributed by atoms with Crippen molar-refractivity contribution >= 4 is 43.1 Å². The summed E-state index contributed by atoms with van der Waals surface area (Å²) in [6, 6.07) is 74.5. The first-order valence-corrected chi connectivity index (χ1v) is 20.6. The van der Waals surface area contributed by atoms with Crippen LogP contribution < -0.4 is 9.47 Å². The fraction of sp³-hybridized carbons (Fsp3) is 0. The first kappa shape index (κ1) is 33.1. The number of para-hydroxylation sites is 1. The second-order valence-electron chi connectivity index (χ2n) is 15.9. The zero-order chi connectivity index (χ0) is 39.3. The molecule has 0 atom stereocenters. The number of hydrogen-bond acceptors (Lipinski definition) is 2. The van der Waals surface area contributed by atoms with Crippen LogP contribution in [-0.4, -0.2) is 0 Å². The van der Waals surface area contributed by atoms with Gasteiger partial charge in [0.05, 0.1) is 0 Å². The molecule has 278 valence electrons. The molecule has 60 heavy (non-hydrogen) atoms. The van der Waals surface area contributed by atoms with Crippen LogP contribution in [0.1, 0.15) is 0 Å². The molecule has 11 aromatic carbocycles. The van der Waals surface area contributed by atoms with Gasteiger partial charge in [0.1, 0.15) is 23.0 Å². The van der Waals surface area contributed by atoms with Crippen molar-refractivity contribution in [1.29, 1.82) is 0 Å². The minimum atomic E-state index is 0.893. The summed E-state index contributed by atoms with van der Waals surface area (Å²) >= 11 is 0. The highest BCUT2D eigenvalue weighted by Gasteiger charge is 2.23. The predicted molar refractivity (Wildman–Crippen MR) is 249 cm³/mol. The number of rotatable bonds is 4. The van der Waals surface area contributed by atoms with Gasteiger partial charge in [0.25, 0.3) is 0 Å². The van der Waals surface area contributed by atoms with E-state index in [0.29, 0.717) is 0 Å². The van der Waals surface area contributed by atoms with Crippen molar-refractivity contribution in [3.63, 3.8) is 0 Å². The molecule has 2 aliphatic rings. The molecule has 0 saturated carbocycles. The van der Waals surface area contributed by atoms with Crippen molar-refractivity contribution in [2.45, 2.75) is 0 Å². The molecule has 2 heteroatoms. The molecule has 2 heterocycles. The van der Waals surface area contributed by atoms with E-state index in [4.69, 9.17) is 9.47 Å². The minimum absolute atomic E-state index is 0.893. The lowest BCUT2D eigenvalue weighted by molar-refractivity contribution is 0.487. The molecule has 0 bridgehead atoms. The van der Waals surface area contributed by atoms with Crippen LogP contribution in [0.3, 0.4) is 0 Å². The summed E-state index contributed by atoms with van der Waals surface area (Å²) in [7, 11) is 0. The molecule has 2 aliphatic heterocycles. The van der Waals surface area contributed by atoms with Crippen LogP contribution in [0, 0.1) is 0 Å². The Morgan fingerprint density at radius 2 is 0.683 bits per heavy atom. The lowest BCUT2D eigenvalue weighted by Crippen LogP contribution is -1.97. The van der Waals surface area contributed by atoms with Crippen molar-refractivity contribution in [3.8, 4) is 89.8 Å². The Kier molecular flexibility index (Phi) is 7.05. The van der Waals surface area contributed by atoms with Crippen LogP contribution >= 0.6 is 0 Å². The summed E-state index contributed by atoms with van der Waals surface area (Å²) in [4.78, 5) is 0. The Morgan fingerprint density at radius 1 is 0.233 bits per heavy atom. The maximum Gasteiger partial charge on any atom is 0.135 e. The molecule has 0 spiro atoms. The van der Waals surface area contributed by atoms with E-state index in [9.17, 15) is 0 Å². The molecule has 0 N–H and O–H groups in total. The van der Waals surface area contributed by atoms with Gasteiger partial charge in [0.2, 0.25) is 0 Å². The zero-order valence-electron chi connectivity index (χ0n) is 32.4. The van der Waals surface area contributed by atoms with E-state index in [1.54, 1.807) is 0 Å². The van der Waals surface area contributed by atoms with Crippen LogP contribution in [0.15, 0.2) is 206 Å². The van der Waals surface area contributed by atoms with Gasteiger partial charge < -0.3 is 9.47 Å². The van der Waals surface area contributed by atoms with Crippen LogP contribution in [-0.2, 0) is 0 Å². The minimum Gasteiger partial charge on any atom is -0.456 e. The van der Waals surface area contributed by atoms with Gasteiger partial charge in [-0.1, -0.05) is 176 Å². The largest absolute Gasteiger partial charge is 0.456 e.